The van der Waals surface area contributed by atoms with Gasteiger partial charge in [-0.25, -0.2) is 0 Å². The molecule has 5 nitrogen and oxygen atoms in total. The van der Waals surface area contributed by atoms with E-state index in [1.165, 1.54) is 6.42 Å². The van der Waals surface area contributed by atoms with Crippen molar-refractivity contribution in [3.05, 3.63) is 11.7 Å². The van der Waals surface area contributed by atoms with E-state index in [0.29, 0.717) is 18.3 Å². The van der Waals surface area contributed by atoms with Crippen molar-refractivity contribution < 1.29 is 9.26 Å². The molecule has 2 N–H and O–H groups in total. The van der Waals surface area contributed by atoms with Gasteiger partial charge in [-0.15, -0.1) is 0 Å². The molecule has 1 aromatic heterocycles. The largest absolute Gasteiger partial charge is 0.385 e. The first-order chi connectivity index (χ1) is 8.24. The zero-order chi connectivity index (χ0) is 12.1. The van der Waals surface area contributed by atoms with E-state index in [4.69, 9.17) is 15.0 Å². The summed E-state index contributed by atoms with van der Waals surface area (Å²) in [4.78, 5) is 4.42. The van der Waals surface area contributed by atoms with E-state index in [2.05, 4.69) is 10.1 Å². The molecule has 1 aliphatic rings. The summed E-state index contributed by atoms with van der Waals surface area (Å²) in [6.45, 7) is 0.714. The Morgan fingerprint density at radius 1 is 1.35 bits per heavy atom. The van der Waals surface area contributed by atoms with E-state index in [1.54, 1.807) is 7.11 Å². The third kappa shape index (κ3) is 3.04. The molecule has 0 radical (unpaired) electrons. The van der Waals surface area contributed by atoms with E-state index in [1.807, 2.05) is 0 Å². The topological polar surface area (TPSA) is 74.2 Å². The van der Waals surface area contributed by atoms with Gasteiger partial charge in [-0.3, -0.25) is 0 Å². The van der Waals surface area contributed by atoms with Gasteiger partial charge in [0, 0.05) is 20.1 Å². The summed E-state index contributed by atoms with van der Waals surface area (Å²) >= 11 is 0. The summed E-state index contributed by atoms with van der Waals surface area (Å²) in [6, 6.07) is 0. The first-order valence-electron chi connectivity index (χ1n) is 6.35. The molecule has 0 saturated heterocycles. The smallest absolute Gasteiger partial charge is 0.226 e. The van der Waals surface area contributed by atoms with Crippen molar-refractivity contribution in [2.75, 3.05) is 13.7 Å². The number of ether oxygens (including phenoxy) is 1. The van der Waals surface area contributed by atoms with E-state index in [-0.39, 0.29) is 5.54 Å². The standard InChI is InChI=1S/C12H21N3O2/c1-16-9-5-6-10-14-11(15-17-10)12(13)7-3-2-4-8-12/h2-9,13H2,1H3. The van der Waals surface area contributed by atoms with Gasteiger partial charge in [0.2, 0.25) is 5.89 Å². The van der Waals surface area contributed by atoms with Gasteiger partial charge >= 0.3 is 0 Å². The minimum Gasteiger partial charge on any atom is -0.385 e. The maximum atomic E-state index is 6.34. The summed E-state index contributed by atoms with van der Waals surface area (Å²) in [5.74, 6) is 1.36. The summed E-state index contributed by atoms with van der Waals surface area (Å²) in [5.41, 5.74) is 5.98. The second kappa shape index (κ2) is 5.60. The van der Waals surface area contributed by atoms with Gasteiger partial charge in [0.15, 0.2) is 5.82 Å². The minimum absolute atomic E-state index is 0.360. The lowest BCUT2D eigenvalue weighted by atomic mass is 9.82. The Hall–Kier alpha value is -0.940. The Morgan fingerprint density at radius 2 is 2.12 bits per heavy atom. The van der Waals surface area contributed by atoms with E-state index in [9.17, 15) is 0 Å². The molecule has 0 unspecified atom stereocenters. The second-order valence-electron chi connectivity index (χ2n) is 4.82. The summed E-state index contributed by atoms with van der Waals surface area (Å²) < 4.78 is 10.2. The maximum Gasteiger partial charge on any atom is 0.226 e. The van der Waals surface area contributed by atoms with Crippen LogP contribution >= 0.6 is 0 Å². The van der Waals surface area contributed by atoms with Gasteiger partial charge in [-0.1, -0.05) is 24.4 Å². The van der Waals surface area contributed by atoms with Crippen molar-refractivity contribution in [3.8, 4) is 0 Å². The average Bonchev–Trinajstić information content (AvgIpc) is 2.80. The van der Waals surface area contributed by atoms with Crippen LogP contribution in [0, 0.1) is 0 Å². The lowest BCUT2D eigenvalue weighted by Crippen LogP contribution is -2.39. The van der Waals surface area contributed by atoms with Crippen LogP contribution in [0.15, 0.2) is 4.52 Å². The number of hydrogen-bond acceptors (Lipinski definition) is 5. The molecule has 1 saturated carbocycles. The third-order valence-electron chi connectivity index (χ3n) is 3.40. The van der Waals surface area contributed by atoms with Gasteiger partial charge < -0.3 is 15.0 Å². The van der Waals surface area contributed by atoms with Crippen LogP contribution in [-0.2, 0) is 16.7 Å². The minimum atomic E-state index is -0.360. The maximum absolute atomic E-state index is 6.34. The molecular weight excluding hydrogens is 218 g/mol. The average molecular weight is 239 g/mol. The Morgan fingerprint density at radius 3 is 2.82 bits per heavy atom. The van der Waals surface area contributed by atoms with Crippen LogP contribution in [0.1, 0.15) is 50.2 Å². The predicted molar refractivity (Wildman–Crippen MR) is 63.4 cm³/mol. The van der Waals surface area contributed by atoms with E-state index < -0.39 is 0 Å². The van der Waals surface area contributed by atoms with Crippen molar-refractivity contribution >= 4 is 0 Å². The molecule has 1 heterocycles. The van der Waals surface area contributed by atoms with Crippen LogP contribution in [0.4, 0.5) is 0 Å². The number of rotatable bonds is 5. The summed E-state index contributed by atoms with van der Waals surface area (Å²) in [7, 11) is 1.69. The molecule has 96 valence electrons. The first kappa shape index (κ1) is 12.5. The quantitative estimate of drug-likeness (QED) is 0.792. The van der Waals surface area contributed by atoms with Gasteiger partial charge in [0.1, 0.15) is 0 Å². The van der Waals surface area contributed by atoms with E-state index >= 15 is 0 Å². The second-order valence-corrected chi connectivity index (χ2v) is 4.82. The highest BCUT2D eigenvalue weighted by Crippen LogP contribution is 2.32. The Labute approximate surface area is 102 Å². The molecule has 1 aromatic rings. The third-order valence-corrected chi connectivity index (χ3v) is 3.40. The van der Waals surface area contributed by atoms with Crippen LogP contribution in [0.25, 0.3) is 0 Å². The van der Waals surface area contributed by atoms with Crippen LogP contribution in [-0.4, -0.2) is 23.9 Å². The number of aromatic nitrogens is 2. The lowest BCUT2D eigenvalue weighted by Gasteiger charge is -2.29. The molecule has 0 amide bonds. The zero-order valence-corrected chi connectivity index (χ0v) is 10.4. The van der Waals surface area contributed by atoms with Crippen LogP contribution < -0.4 is 5.73 Å². The lowest BCUT2D eigenvalue weighted by molar-refractivity contribution is 0.191. The number of methoxy groups -OCH3 is 1. The zero-order valence-electron chi connectivity index (χ0n) is 10.4. The van der Waals surface area contributed by atoms with Gasteiger partial charge in [-0.2, -0.15) is 4.98 Å². The van der Waals surface area contributed by atoms with Crippen molar-refractivity contribution in [1.82, 2.24) is 10.1 Å². The van der Waals surface area contributed by atoms with Crippen LogP contribution in [0.2, 0.25) is 0 Å². The van der Waals surface area contributed by atoms with Gasteiger partial charge in [-0.05, 0) is 19.3 Å². The molecular formula is C12H21N3O2. The molecule has 1 fully saturated rings. The highest BCUT2D eigenvalue weighted by atomic mass is 16.5. The van der Waals surface area contributed by atoms with E-state index in [0.717, 1.165) is 38.5 Å². The molecule has 5 heteroatoms. The molecule has 0 aliphatic heterocycles. The Kier molecular flexibility index (Phi) is 4.12. The number of hydrogen-bond donors (Lipinski definition) is 1. The fraction of sp³-hybridized carbons (Fsp3) is 0.833. The van der Waals surface area contributed by atoms with Gasteiger partial charge in [0.25, 0.3) is 0 Å². The Bertz CT molecular complexity index is 345. The summed E-state index contributed by atoms with van der Waals surface area (Å²) in [6.07, 6.45) is 7.16. The molecule has 1 aliphatic carbocycles. The van der Waals surface area contributed by atoms with Gasteiger partial charge in [0.05, 0.1) is 5.54 Å². The number of aryl methyl sites for hydroxylation is 1. The fourth-order valence-electron chi connectivity index (χ4n) is 2.33. The molecule has 0 aromatic carbocycles. The normalized spacial score (nSPS) is 19.4. The van der Waals surface area contributed by atoms with Crippen molar-refractivity contribution in [2.45, 2.75) is 50.5 Å². The predicted octanol–water partition coefficient (Wildman–Crippen LogP) is 1.77. The van der Waals surface area contributed by atoms with Crippen molar-refractivity contribution in [3.63, 3.8) is 0 Å². The molecule has 0 atom stereocenters. The number of nitrogens with two attached hydrogens (primary N) is 1. The first-order valence-corrected chi connectivity index (χ1v) is 6.35. The monoisotopic (exact) mass is 239 g/mol. The van der Waals surface area contributed by atoms with Crippen molar-refractivity contribution in [2.24, 2.45) is 5.73 Å². The number of nitrogens with zero attached hydrogens (tertiary/aromatic N) is 2. The van der Waals surface area contributed by atoms with Crippen molar-refractivity contribution in [1.29, 1.82) is 0 Å². The molecule has 2 rings (SSSR count). The van der Waals surface area contributed by atoms with Crippen LogP contribution in [0.3, 0.4) is 0 Å². The molecule has 0 bridgehead atoms. The fourth-order valence-corrected chi connectivity index (χ4v) is 2.33. The summed E-state index contributed by atoms with van der Waals surface area (Å²) in [5, 5.41) is 4.04. The molecule has 17 heavy (non-hydrogen) atoms. The van der Waals surface area contributed by atoms with Crippen LogP contribution in [0.5, 0.6) is 0 Å². The Balaban J connectivity index is 1.96. The highest BCUT2D eigenvalue weighted by molar-refractivity contribution is 5.05. The SMILES string of the molecule is COCCCc1nc(C2(N)CCCCC2)no1. The highest BCUT2D eigenvalue weighted by Gasteiger charge is 2.34. The molecule has 0 spiro atoms.